The Labute approximate surface area is 248 Å². The smallest absolute Gasteiger partial charge is 0.173 e. The molecule has 7 rings (SSSR count). The van der Waals surface area contributed by atoms with Gasteiger partial charge in [-0.3, -0.25) is 9.80 Å². The Kier molecular flexibility index (Phi) is 8.33. The topological polar surface area (TPSA) is 93.7 Å². The van der Waals surface area contributed by atoms with E-state index in [9.17, 15) is 0 Å². The number of aromatic nitrogens is 8. The molecule has 0 radical (unpaired) electrons. The number of tetrazole rings is 2. The Hall–Kier alpha value is -3.50. The van der Waals surface area contributed by atoms with Gasteiger partial charge in [0, 0.05) is 26.2 Å². The van der Waals surface area contributed by atoms with Crippen molar-refractivity contribution in [2.75, 3.05) is 26.2 Å². The second kappa shape index (κ2) is 12.8. The number of hydrogen-bond acceptors (Lipinski definition) is 8. The molecule has 220 valence electrons. The fraction of sp³-hybridized carbons (Fsp3) is 0.562. The lowest BCUT2D eigenvalue weighted by atomic mass is 9.94. The molecule has 2 aromatic heterocycles. The minimum Gasteiger partial charge on any atom is -0.287 e. The Balaban J connectivity index is 1.17. The van der Waals surface area contributed by atoms with Crippen LogP contribution in [0, 0.1) is 0 Å². The molecule has 2 aliphatic carbocycles. The van der Waals surface area contributed by atoms with Crippen LogP contribution in [0.15, 0.2) is 60.7 Å². The molecule has 0 N–H and O–H groups in total. The summed E-state index contributed by atoms with van der Waals surface area (Å²) in [6.45, 7) is 3.63. The molecule has 10 heteroatoms. The highest BCUT2D eigenvalue weighted by molar-refractivity contribution is 5.27. The molecule has 4 aromatic rings. The van der Waals surface area contributed by atoms with Gasteiger partial charge in [-0.15, -0.1) is 10.2 Å². The second-order valence-electron chi connectivity index (χ2n) is 12.2. The van der Waals surface area contributed by atoms with Crippen LogP contribution >= 0.6 is 0 Å². The average molecular weight is 567 g/mol. The molecule has 3 fully saturated rings. The van der Waals surface area contributed by atoms with E-state index in [1.165, 1.54) is 49.7 Å². The first-order valence-corrected chi connectivity index (χ1v) is 16.0. The average Bonchev–Trinajstić information content (AvgIpc) is 3.75. The molecule has 1 saturated heterocycles. The second-order valence-corrected chi connectivity index (χ2v) is 12.2. The Morgan fingerprint density at radius 2 is 0.881 bits per heavy atom. The van der Waals surface area contributed by atoms with E-state index in [4.69, 9.17) is 0 Å². The zero-order valence-electron chi connectivity index (χ0n) is 24.5. The van der Waals surface area contributed by atoms with E-state index in [1.54, 1.807) is 0 Å². The molecule has 1 aliphatic heterocycles. The molecule has 42 heavy (non-hydrogen) atoms. The van der Waals surface area contributed by atoms with Gasteiger partial charge in [0.25, 0.3) is 0 Å². The number of piperazine rings is 1. The van der Waals surface area contributed by atoms with E-state index < -0.39 is 0 Å². The first kappa shape index (κ1) is 27.3. The summed E-state index contributed by atoms with van der Waals surface area (Å²) >= 11 is 0. The Morgan fingerprint density at radius 1 is 0.500 bits per heavy atom. The van der Waals surface area contributed by atoms with Crippen LogP contribution in [-0.2, 0) is 0 Å². The van der Waals surface area contributed by atoms with Crippen molar-refractivity contribution in [2.24, 2.45) is 0 Å². The summed E-state index contributed by atoms with van der Waals surface area (Å²) in [6.07, 6.45) is 12.2. The van der Waals surface area contributed by atoms with Crippen LogP contribution in [0.25, 0.3) is 0 Å². The summed E-state index contributed by atoms with van der Waals surface area (Å²) in [5.74, 6) is 1.95. The summed E-state index contributed by atoms with van der Waals surface area (Å²) < 4.78 is 4.29. The summed E-state index contributed by atoms with van der Waals surface area (Å²) in [5, 5.41) is 26.8. The van der Waals surface area contributed by atoms with Crippen LogP contribution in [0.3, 0.4) is 0 Å². The monoisotopic (exact) mass is 566 g/mol. The molecule has 2 unspecified atom stereocenters. The van der Waals surface area contributed by atoms with Crippen LogP contribution in [-0.4, -0.2) is 76.4 Å². The number of hydrogen-bond donors (Lipinski definition) is 0. The lowest BCUT2D eigenvalue weighted by Crippen LogP contribution is -2.50. The maximum atomic E-state index is 4.67. The third kappa shape index (κ3) is 5.62. The van der Waals surface area contributed by atoms with Gasteiger partial charge in [-0.1, -0.05) is 99.2 Å². The van der Waals surface area contributed by atoms with E-state index >= 15 is 0 Å². The highest BCUT2D eigenvalue weighted by Gasteiger charge is 2.36. The number of nitrogens with zero attached hydrogens (tertiary/aromatic N) is 10. The summed E-state index contributed by atoms with van der Waals surface area (Å²) in [7, 11) is 0. The summed E-state index contributed by atoms with van der Waals surface area (Å²) in [4.78, 5) is 5.14. The van der Waals surface area contributed by atoms with Crippen molar-refractivity contribution in [3.63, 3.8) is 0 Å². The molecular formula is C32H42N10. The minimum absolute atomic E-state index is 0.0213. The SMILES string of the molecule is c1ccc(C(c2nnnn2C2CCCCC2)N2CCN(C(c3ccccc3)c3nnnn3C3CCCCC3)CC2)cc1. The molecular weight excluding hydrogens is 524 g/mol. The highest BCUT2D eigenvalue weighted by atomic mass is 15.6. The van der Waals surface area contributed by atoms with Crippen molar-refractivity contribution in [1.82, 2.24) is 50.2 Å². The Morgan fingerprint density at radius 3 is 1.26 bits per heavy atom. The number of benzene rings is 2. The predicted octanol–water partition coefficient (Wildman–Crippen LogP) is 5.17. The van der Waals surface area contributed by atoms with Gasteiger partial charge in [0.2, 0.25) is 0 Å². The highest BCUT2D eigenvalue weighted by Crippen LogP contribution is 2.36. The molecule has 2 aromatic carbocycles. The fourth-order valence-corrected chi connectivity index (χ4v) is 7.50. The molecule has 3 aliphatic rings. The lowest BCUT2D eigenvalue weighted by molar-refractivity contribution is 0.0802. The van der Waals surface area contributed by atoms with Gasteiger partial charge in [-0.2, -0.15) is 0 Å². The molecule has 0 spiro atoms. The minimum atomic E-state index is 0.0213. The predicted molar refractivity (Wildman–Crippen MR) is 160 cm³/mol. The summed E-state index contributed by atoms with van der Waals surface area (Å²) in [5.41, 5.74) is 2.50. The Bertz CT molecular complexity index is 1280. The van der Waals surface area contributed by atoms with Crippen molar-refractivity contribution in [3.05, 3.63) is 83.4 Å². The van der Waals surface area contributed by atoms with Crippen molar-refractivity contribution in [2.45, 2.75) is 88.4 Å². The summed E-state index contributed by atoms with van der Waals surface area (Å²) in [6, 6.07) is 22.4. The van der Waals surface area contributed by atoms with Crippen molar-refractivity contribution >= 4 is 0 Å². The largest absolute Gasteiger partial charge is 0.287 e. The van der Waals surface area contributed by atoms with Gasteiger partial charge in [-0.25, -0.2) is 9.36 Å². The van der Waals surface area contributed by atoms with E-state index in [1.807, 2.05) is 0 Å². The van der Waals surface area contributed by atoms with Gasteiger partial charge < -0.3 is 0 Å². The van der Waals surface area contributed by atoms with Crippen molar-refractivity contribution in [1.29, 1.82) is 0 Å². The maximum absolute atomic E-state index is 4.67. The van der Waals surface area contributed by atoms with Gasteiger partial charge in [0.15, 0.2) is 11.6 Å². The van der Waals surface area contributed by atoms with Crippen LogP contribution < -0.4 is 0 Å². The maximum Gasteiger partial charge on any atom is 0.173 e. The van der Waals surface area contributed by atoms with E-state index in [0.29, 0.717) is 12.1 Å². The van der Waals surface area contributed by atoms with Gasteiger partial charge in [0.05, 0.1) is 24.2 Å². The normalized spacial score (nSPS) is 21.3. The van der Waals surface area contributed by atoms with E-state index in [2.05, 4.69) is 111 Å². The third-order valence-corrected chi connectivity index (χ3v) is 9.68. The zero-order chi connectivity index (χ0) is 28.1. The molecule has 0 amide bonds. The first-order chi connectivity index (χ1) is 20.9. The lowest BCUT2D eigenvalue weighted by Gasteiger charge is -2.42. The van der Waals surface area contributed by atoms with E-state index in [-0.39, 0.29) is 12.1 Å². The van der Waals surface area contributed by atoms with Crippen LogP contribution in [0.5, 0.6) is 0 Å². The van der Waals surface area contributed by atoms with Crippen molar-refractivity contribution in [3.8, 4) is 0 Å². The van der Waals surface area contributed by atoms with Crippen LogP contribution in [0.4, 0.5) is 0 Å². The molecule has 2 atom stereocenters. The zero-order valence-corrected chi connectivity index (χ0v) is 24.5. The third-order valence-electron chi connectivity index (χ3n) is 9.68. The van der Waals surface area contributed by atoms with Crippen molar-refractivity contribution < 1.29 is 0 Å². The molecule has 10 nitrogen and oxygen atoms in total. The van der Waals surface area contributed by atoms with Crippen LogP contribution in [0.2, 0.25) is 0 Å². The fourth-order valence-electron chi connectivity index (χ4n) is 7.50. The van der Waals surface area contributed by atoms with Crippen LogP contribution in [0.1, 0.15) is 111 Å². The standard InChI is InChI=1S/C32H42N10/c1-5-13-25(14-6-1)29(31-33-35-37-41(31)27-17-9-3-10-18-27)39-21-23-40(24-22-39)30(26-15-7-2-8-16-26)32-34-36-38-42(32)28-19-11-4-12-20-28/h1-2,5-8,13-16,27-30H,3-4,9-12,17-24H2. The van der Waals surface area contributed by atoms with Gasteiger partial charge in [-0.05, 0) is 57.7 Å². The van der Waals surface area contributed by atoms with Gasteiger partial charge >= 0.3 is 0 Å². The number of rotatable bonds is 8. The molecule has 0 bridgehead atoms. The molecule has 2 saturated carbocycles. The quantitative estimate of drug-likeness (QED) is 0.289. The van der Waals surface area contributed by atoms with Gasteiger partial charge in [0.1, 0.15) is 0 Å². The molecule has 3 heterocycles. The van der Waals surface area contributed by atoms with E-state index in [0.717, 1.165) is 63.5 Å². The first-order valence-electron chi connectivity index (χ1n) is 16.0.